The summed E-state index contributed by atoms with van der Waals surface area (Å²) < 4.78 is 0. The van der Waals surface area contributed by atoms with E-state index in [2.05, 4.69) is 301 Å². The molecule has 0 aliphatic carbocycles. The highest BCUT2D eigenvalue weighted by Crippen LogP contribution is 2.36. The predicted octanol–water partition coefficient (Wildman–Crippen LogP) is 19.1. The van der Waals surface area contributed by atoms with Gasteiger partial charge in [0.05, 0.1) is 0 Å². The topological polar surface area (TPSA) is 3.24 Å². The second kappa shape index (κ2) is 26.8. The Labute approximate surface area is 408 Å². The van der Waals surface area contributed by atoms with Crippen molar-refractivity contribution in [1.82, 2.24) is 0 Å². The molecule has 0 N–H and O–H groups in total. The first-order valence-corrected chi connectivity index (χ1v) is 23.8. The van der Waals surface area contributed by atoms with Crippen LogP contribution in [0.2, 0.25) is 0 Å². The molecule has 338 valence electrons. The zero-order valence-corrected chi connectivity index (χ0v) is 40.5. The molecular formula is C67H65N. The van der Waals surface area contributed by atoms with Crippen molar-refractivity contribution >= 4 is 45.9 Å². The van der Waals surface area contributed by atoms with Gasteiger partial charge in [-0.3, -0.25) is 0 Å². The summed E-state index contributed by atoms with van der Waals surface area (Å²) >= 11 is 0. The van der Waals surface area contributed by atoms with Crippen LogP contribution in [0.3, 0.4) is 0 Å². The Balaban J connectivity index is 1.30. The lowest BCUT2D eigenvalue weighted by Gasteiger charge is -2.26. The van der Waals surface area contributed by atoms with Crippen LogP contribution in [0.4, 0.5) is 17.1 Å². The molecule has 0 unspecified atom stereocenters. The first-order chi connectivity index (χ1) is 33.5. The van der Waals surface area contributed by atoms with Crippen molar-refractivity contribution in [2.24, 2.45) is 0 Å². The number of hydrogen-bond acceptors (Lipinski definition) is 1. The smallest absolute Gasteiger partial charge is 0.0462 e. The molecule has 6 aromatic carbocycles. The Kier molecular flexibility index (Phi) is 19.5. The van der Waals surface area contributed by atoms with Gasteiger partial charge in [-0.1, -0.05) is 237 Å². The van der Waals surface area contributed by atoms with Crippen molar-refractivity contribution in [3.05, 3.63) is 312 Å². The van der Waals surface area contributed by atoms with Gasteiger partial charge in [-0.2, -0.15) is 0 Å². The summed E-state index contributed by atoms with van der Waals surface area (Å²) in [6.07, 6.45) is 38.3. The third-order valence-electron chi connectivity index (χ3n) is 11.6. The van der Waals surface area contributed by atoms with Crippen LogP contribution in [0.5, 0.6) is 0 Å². The Bertz CT molecular complexity index is 2870. The van der Waals surface area contributed by atoms with Crippen LogP contribution >= 0.6 is 0 Å². The maximum atomic E-state index is 3.88. The average Bonchev–Trinajstić information content (AvgIpc) is 3.39. The summed E-state index contributed by atoms with van der Waals surface area (Å²) in [5.74, 6) is 0. The maximum absolute atomic E-state index is 3.88. The summed E-state index contributed by atoms with van der Waals surface area (Å²) in [7, 11) is 0. The van der Waals surface area contributed by atoms with Gasteiger partial charge in [-0.05, 0) is 151 Å². The molecule has 1 nitrogen and oxygen atoms in total. The van der Waals surface area contributed by atoms with Crippen LogP contribution in [-0.4, -0.2) is 0 Å². The SMILES string of the molecule is C=C/C=C\C(=C/C)C(=CC=Cc1ccc(N(c2ccc(C=CC=C(C(/C=C\C)=C/C)c3ccccc3)cc2)c2ccc(CCC=C(C(/C=C\C)=C/C)c3ccccc3)cc2)cc1)c1ccccc1. The van der Waals surface area contributed by atoms with Crippen molar-refractivity contribution in [3.8, 4) is 0 Å². The van der Waals surface area contributed by atoms with Gasteiger partial charge in [0.1, 0.15) is 0 Å². The molecule has 0 spiro atoms. The second-order valence-corrected chi connectivity index (χ2v) is 16.1. The Hall–Kier alpha value is -8.00. The van der Waals surface area contributed by atoms with Crippen LogP contribution in [0, 0.1) is 0 Å². The van der Waals surface area contributed by atoms with Gasteiger partial charge in [0.2, 0.25) is 0 Å². The number of nitrogens with zero attached hydrogens (tertiary/aromatic N) is 1. The lowest BCUT2D eigenvalue weighted by atomic mass is 9.95. The highest BCUT2D eigenvalue weighted by atomic mass is 15.1. The number of hydrogen-bond donors (Lipinski definition) is 0. The molecule has 1 heteroatoms. The highest BCUT2D eigenvalue weighted by Gasteiger charge is 2.13. The van der Waals surface area contributed by atoms with Gasteiger partial charge in [0, 0.05) is 17.1 Å². The summed E-state index contributed by atoms with van der Waals surface area (Å²) in [6, 6.07) is 58.5. The summed E-state index contributed by atoms with van der Waals surface area (Å²) in [4.78, 5) is 2.34. The van der Waals surface area contributed by atoms with Gasteiger partial charge in [0.25, 0.3) is 0 Å². The molecule has 0 heterocycles. The molecular weight excluding hydrogens is 819 g/mol. The van der Waals surface area contributed by atoms with Crippen LogP contribution in [0.25, 0.3) is 28.9 Å². The molecule has 0 atom stereocenters. The third kappa shape index (κ3) is 14.0. The monoisotopic (exact) mass is 884 g/mol. The number of allylic oxidation sites excluding steroid dienone is 21. The Morgan fingerprint density at radius 2 is 0.809 bits per heavy atom. The third-order valence-corrected chi connectivity index (χ3v) is 11.6. The highest BCUT2D eigenvalue weighted by molar-refractivity contribution is 5.85. The molecule has 0 bridgehead atoms. The molecule has 0 saturated heterocycles. The van der Waals surface area contributed by atoms with E-state index in [1.165, 1.54) is 44.5 Å². The van der Waals surface area contributed by atoms with E-state index in [0.717, 1.165) is 52.2 Å². The van der Waals surface area contributed by atoms with Crippen LogP contribution in [-0.2, 0) is 6.42 Å². The van der Waals surface area contributed by atoms with Crippen molar-refractivity contribution in [1.29, 1.82) is 0 Å². The minimum atomic E-state index is 0.934. The number of rotatable bonds is 20. The van der Waals surface area contributed by atoms with E-state index >= 15 is 0 Å². The molecule has 0 saturated carbocycles. The predicted molar refractivity (Wildman–Crippen MR) is 301 cm³/mol. The normalized spacial score (nSPS) is 13.5. The second-order valence-electron chi connectivity index (χ2n) is 16.1. The van der Waals surface area contributed by atoms with Crippen molar-refractivity contribution in [2.75, 3.05) is 4.90 Å². The molecule has 68 heavy (non-hydrogen) atoms. The maximum Gasteiger partial charge on any atom is 0.0462 e. The van der Waals surface area contributed by atoms with E-state index in [9.17, 15) is 0 Å². The van der Waals surface area contributed by atoms with Crippen molar-refractivity contribution in [2.45, 2.75) is 47.5 Å². The van der Waals surface area contributed by atoms with Crippen molar-refractivity contribution in [3.63, 3.8) is 0 Å². The number of anilines is 3. The molecule has 6 aromatic rings. The van der Waals surface area contributed by atoms with E-state index < -0.39 is 0 Å². The quantitative estimate of drug-likeness (QED) is 0.0691. The van der Waals surface area contributed by atoms with Gasteiger partial charge in [-0.15, -0.1) is 0 Å². The molecule has 0 radical (unpaired) electrons. The first kappa shape index (κ1) is 49.4. The fourth-order valence-corrected chi connectivity index (χ4v) is 8.15. The standard InChI is InChI=1S/C67H65N/c1-7-13-31-58(12-6)67(61-36-21-16-22-37-61)40-25-30-55-45-51-64(52-46-55)68(62-47-41-53(42-48-62)28-23-38-65(56(10-4)26-8-2)59-32-17-14-18-33-59)63-49-43-54(44-50-63)29-24-39-66(57(11-5)27-9-3)60-34-19-15-20-35-60/h7-23,25-28,30-52H,1,24,29H2,2-6H3/b26-8-,27-9-,28-23?,30-25?,31-13-,56-10+,57-11+,58-12+,65-38?,66-39?,67-40?. The number of aryl methyl sites for hydroxylation is 1. The van der Waals surface area contributed by atoms with Gasteiger partial charge < -0.3 is 4.90 Å². The van der Waals surface area contributed by atoms with Gasteiger partial charge in [0.15, 0.2) is 0 Å². The largest absolute Gasteiger partial charge is 0.311 e. The minimum absolute atomic E-state index is 0.934. The van der Waals surface area contributed by atoms with Crippen LogP contribution < -0.4 is 4.90 Å². The average molecular weight is 884 g/mol. The molecule has 6 rings (SSSR count). The summed E-state index contributed by atoms with van der Waals surface area (Å²) in [5.41, 5.74) is 17.6. The zero-order valence-electron chi connectivity index (χ0n) is 40.5. The number of benzene rings is 6. The van der Waals surface area contributed by atoms with E-state index in [-0.39, 0.29) is 0 Å². The van der Waals surface area contributed by atoms with Crippen molar-refractivity contribution < 1.29 is 0 Å². The summed E-state index contributed by atoms with van der Waals surface area (Å²) in [5, 5.41) is 0. The fraction of sp³-hybridized carbons (Fsp3) is 0.104. The lowest BCUT2D eigenvalue weighted by Crippen LogP contribution is -2.10. The molecule has 0 aliphatic heterocycles. The van der Waals surface area contributed by atoms with E-state index in [4.69, 9.17) is 0 Å². The Morgan fingerprint density at radius 3 is 1.21 bits per heavy atom. The molecule has 0 fully saturated rings. The van der Waals surface area contributed by atoms with Gasteiger partial charge >= 0.3 is 0 Å². The van der Waals surface area contributed by atoms with E-state index in [0.29, 0.717) is 0 Å². The fourth-order valence-electron chi connectivity index (χ4n) is 8.15. The molecule has 0 amide bonds. The van der Waals surface area contributed by atoms with Crippen LogP contribution in [0.1, 0.15) is 74.4 Å². The van der Waals surface area contributed by atoms with E-state index in [1.54, 1.807) is 0 Å². The lowest BCUT2D eigenvalue weighted by molar-refractivity contribution is 1.00. The zero-order chi connectivity index (χ0) is 47.8. The minimum Gasteiger partial charge on any atom is -0.311 e. The molecule has 0 aromatic heterocycles. The summed E-state index contributed by atoms with van der Waals surface area (Å²) in [6.45, 7) is 14.3. The molecule has 0 aliphatic rings. The van der Waals surface area contributed by atoms with Gasteiger partial charge in [-0.25, -0.2) is 0 Å². The first-order valence-electron chi connectivity index (χ1n) is 23.8. The van der Waals surface area contributed by atoms with E-state index in [1.807, 2.05) is 12.2 Å². The Morgan fingerprint density at radius 1 is 0.426 bits per heavy atom. The van der Waals surface area contributed by atoms with Crippen LogP contribution in [0.15, 0.2) is 278 Å².